The van der Waals surface area contributed by atoms with Gasteiger partial charge in [0, 0.05) is 25.9 Å². The van der Waals surface area contributed by atoms with E-state index in [1.54, 1.807) is 28.6 Å². The summed E-state index contributed by atoms with van der Waals surface area (Å²) in [5, 5.41) is 0. The number of Topliss-reactive ketones (excluding diaryl/α,β-unsaturated/α-hetero) is 1. The molecule has 0 bridgehead atoms. The minimum Gasteiger partial charge on any atom is -0.300 e. The Morgan fingerprint density at radius 3 is 2.37 bits per heavy atom. The maximum Gasteiger partial charge on any atom is 0.243 e. The van der Waals surface area contributed by atoms with Crippen LogP contribution in [-0.4, -0.2) is 31.6 Å². The fraction of sp³-hybridized carbons (Fsp3) is 0.409. The van der Waals surface area contributed by atoms with Crippen LogP contribution in [0.3, 0.4) is 0 Å². The summed E-state index contributed by atoms with van der Waals surface area (Å²) in [5.41, 5.74) is 1.06. The van der Waals surface area contributed by atoms with Gasteiger partial charge in [0.2, 0.25) is 10.0 Å². The van der Waals surface area contributed by atoms with Crippen LogP contribution in [0.4, 0.5) is 0 Å². The Bertz CT molecular complexity index is 911. The average molecular weight is 384 g/mol. The van der Waals surface area contributed by atoms with Gasteiger partial charge in [0.05, 0.1) is 4.90 Å². The zero-order valence-electron chi connectivity index (χ0n) is 15.4. The number of sulfonamides is 1. The number of rotatable bonds is 4. The minimum absolute atomic E-state index is 0.157. The molecule has 1 heterocycles. The molecular weight excluding hydrogens is 358 g/mol. The van der Waals surface area contributed by atoms with E-state index in [2.05, 4.69) is 12.1 Å². The van der Waals surface area contributed by atoms with Crippen LogP contribution in [0.15, 0.2) is 65.6 Å². The molecule has 4 nitrogen and oxygen atoms in total. The first kappa shape index (κ1) is 18.4. The molecule has 0 spiro atoms. The lowest BCUT2D eigenvalue weighted by Crippen LogP contribution is -2.54. The van der Waals surface area contributed by atoms with Crippen LogP contribution >= 0.6 is 0 Å². The lowest BCUT2D eigenvalue weighted by atomic mass is 9.60. The first-order valence-electron chi connectivity index (χ1n) is 9.60. The van der Waals surface area contributed by atoms with Gasteiger partial charge < -0.3 is 0 Å². The van der Waals surface area contributed by atoms with E-state index >= 15 is 0 Å². The molecule has 142 valence electrons. The van der Waals surface area contributed by atoms with Crippen LogP contribution in [0.25, 0.3) is 0 Å². The smallest absolute Gasteiger partial charge is 0.243 e. The molecule has 1 saturated heterocycles. The lowest BCUT2D eigenvalue weighted by Gasteiger charge is -2.50. The van der Waals surface area contributed by atoms with E-state index < -0.39 is 10.0 Å². The van der Waals surface area contributed by atoms with E-state index in [4.69, 9.17) is 0 Å². The molecule has 0 aromatic heterocycles. The third-order valence-electron chi connectivity index (χ3n) is 6.24. The van der Waals surface area contributed by atoms with Gasteiger partial charge in [-0.3, -0.25) is 4.79 Å². The zero-order valence-corrected chi connectivity index (χ0v) is 16.2. The summed E-state index contributed by atoms with van der Waals surface area (Å²) in [5.74, 6) is 0.587. The molecular formula is C22H25NO3S. The van der Waals surface area contributed by atoms with Crippen molar-refractivity contribution in [3.63, 3.8) is 0 Å². The lowest BCUT2D eigenvalue weighted by molar-refractivity contribution is -0.126. The average Bonchev–Trinajstić information content (AvgIpc) is 2.69. The third-order valence-corrected chi connectivity index (χ3v) is 8.10. The van der Waals surface area contributed by atoms with Gasteiger partial charge >= 0.3 is 0 Å². The predicted octanol–water partition coefficient (Wildman–Crippen LogP) is 3.68. The van der Waals surface area contributed by atoms with Crippen molar-refractivity contribution in [3.05, 3.63) is 66.2 Å². The van der Waals surface area contributed by atoms with Gasteiger partial charge in [0.15, 0.2) is 0 Å². The van der Waals surface area contributed by atoms with Crippen LogP contribution < -0.4 is 0 Å². The number of fused-ring (bicyclic) bond motifs is 1. The maximum atomic E-state index is 13.2. The Morgan fingerprint density at radius 1 is 1.00 bits per heavy atom. The van der Waals surface area contributed by atoms with Crippen LogP contribution in [0.2, 0.25) is 0 Å². The largest absolute Gasteiger partial charge is 0.300 e. The summed E-state index contributed by atoms with van der Waals surface area (Å²) in [4.78, 5) is 12.4. The molecule has 0 amide bonds. The van der Waals surface area contributed by atoms with Crippen molar-refractivity contribution in [1.29, 1.82) is 0 Å². The molecule has 1 aliphatic heterocycles. The van der Waals surface area contributed by atoms with E-state index in [-0.39, 0.29) is 11.3 Å². The second-order valence-corrected chi connectivity index (χ2v) is 9.84. The van der Waals surface area contributed by atoms with Gasteiger partial charge in [0.1, 0.15) is 5.78 Å². The molecule has 2 aromatic carbocycles. The molecule has 2 atom stereocenters. The number of hydrogen-bond acceptors (Lipinski definition) is 3. The molecule has 1 unspecified atom stereocenters. The SMILES string of the molecule is O=C1CC[C@]2(Cc3ccccc3)CN(S(=O)(=O)c3ccccc3)CCC2C1. The maximum absolute atomic E-state index is 13.2. The Labute approximate surface area is 161 Å². The van der Waals surface area contributed by atoms with Gasteiger partial charge in [-0.05, 0) is 48.3 Å². The molecule has 1 aliphatic carbocycles. The number of hydrogen-bond donors (Lipinski definition) is 0. The monoisotopic (exact) mass is 383 g/mol. The molecule has 27 heavy (non-hydrogen) atoms. The van der Waals surface area contributed by atoms with E-state index in [9.17, 15) is 13.2 Å². The zero-order chi connectivity index (χ0) is 18.9. The molecule has 2 aliphatic rings. The molecule has 2 fully saturated rings. The van der Waals surface area contributed by atoms with Crippen molar-refractivity contribution in [1.82, 2.24) is 4.31 Å². The first-order valence-corrected chi connectivity index (χ1v) is 11.0. The van der Waals surface area contributed by atoms with Gasteiger partial charge in [-0.25, -0.2) is 8.42 Å². The van der Waals surface area contributed by atoms with Crippen LogP contribution in [0.1, 0.15) is 31.2 Å². The van der Waals surface area contributed by atoms with Gasteiger partial charge in [-0.15, -0.1) is 0 Å². The number of carbonyl (C=O) groups is 1. The van der Waals surface area contributed by atoms with Crippen molar-refractivity contribution in [2.75, 3.05) is 13.1 Å². The highest BCUT2D eigenvalue weighted by Gasteiger charge is 2.48. The Kier molecular flexibility index (Phi) is 4.91. The topological polar surface area (TPSA) is 54.5 Å². The second kappa shape index (κ2) is 7.21. The predicted molar refractivity (Wildman–Crippen MR) is 105 cm³/mol. The minimum atomic E-state index is -3.51. The highest BCUT2D eigenvalue weighted by atomic mass is 32.2. The number of carbonyl (C=O) groups excluding carboxylic acids is 1. The van der Waals surface area contributed by atoms with E-state index in [0.29, 0.717) is 36.6 Å². The Balaban J connectivity index is 1.66. The normalized spacial score (nSPS) is 26.5. The van der Waals surface area contributed by atoms with Crippen molar-refractivity contribution in [2.45, 2.75) is 37.0 Å². The van der Waals surface area contributed by atoms with Gasteiger partial charge in [-0.2, -0.15) is 4.31 Å². The van der Waals surface area contributed by atoms with Crippen molar-refractivity contribution in [2.24, 2.45) is 11.3 Å². The van der Waals surface area contributed by atoms with Gasteiger partial charge in [-0.1, -0.05) is 48.5 Å². The number of piperidine rings is 1. The van der Waals surface area contributed by atoms with Crippen LogP contribution in [0, 0.1) is 11.3 Å². The summed E-state index contributed by atoms with van der Waals surface area (Å²) >= 11 is 0. The fourth-order valence-corrected chi connectivity index (χ4v) is 6.34. The first-order chi connectivity index (χ1) is 13.0. The third kappa shape index (κ3) is 3.58. The van der Waals surface area contributed by atoms with E-state index in [0.717, 1.165) is 19.3 Å². The Hall–Kier alpha value is -1.98. The van der Waals surface area contributed by atoms with Crippen molar-refractivity contribution in [3.8, 4) is 0 Å². The van der Waals surface area contributed by atoms with E-state index in [1.165, 1.54) is 5.56 Å². The quantitative estimate of drug-likeness (QED) is 0.809. The second-order valence-electron chi connectivity index (χ2n) is 7.90. The summed E-state index contributed by atoms with van der Waals surface area (Å²) in [6.45, 7) is 0.989. The number of benzene rings is 2. The molecule has 2 aromatic rings. The van der Waals surface area contributed by atoms with Crippen LogP contribution in [-0.2, 0) is 21.2 Å². The fourth-order valence-electron chi connectivity index (χ4n) is 4.77. The van der Waals surface area contributed by atoms with Crippen LogP contribution in [0.5, 0.6) is 0 Å². The molecule has 0 N–H and O–H groups in total. The van der Waals surface area contributed by atoms with Crippen molar-refractivity contribution < 1.29 is 13.2 Å². The summed E-state index contributed by atoms with van der Waals surface area (Å²) < 4.78 is 28.0. The van der Waals surface area contributed by atoms with Crippen molar-refractivity contribution >= 4 is 15.8 Å². The number of ketones is 1. The highest BCUT2D eigenvalue weighted by molar-refractivity contribution is 7.89. The standard InChI is InChI=1S/C22H25NO3S/c24-20-11-13-22(16-18-7-3-1-4-8-18)17-23(14-12-19(22)15-20)27(25,26)21-9-5-2-6-10-21/h1-10,19H,11-17H2/t19?,22-/m0/s1. The Morgan fingerprint density at radius 2 is 1.67 bits per heavy atom. The molecule has 4 rings (SSSR count). The molecule has 1 saturated carbocycles. The molecule has 5 heteroatoms. The van der Waals surface area contributed by atoms with E-state index in [1.807, 2.05) is 24.3 Å². The summed E-state index contributed by atoms with van der Waals surface area (Å²) in [6, 6.07) is 18.9. The van der Waals surface area contributed by atoms with Gasteiger partial charge in [0.25, 0.3) is 0 Å². The summed E-state index contributed by atoms with van der Waals surface area (Å²) in [6.07, 6.45) is 3.50. The number of nitrogens with zero attached hydrogens (tertiary/aromatic N) is 1. The molecule has 0 radical (unpaired) electrons. The highest BCUT2D eigenvalue weighted by Crippen LogP contribution is 2.48. The summed E-state index contributed by atoms with van der Waals surface area (Å²) in [7, 11) is -3.51.